The molecule has 23 heavy (non-hydrogen) atoms. The summed E-state index contributed by atoms with van der Waals surface area (Å²) in [5.74, 6) is 0. The summed E-state index contributed by atoms with van der Waals surface area (Å²) >= 11 is 0. The number of alkyl halides is 3. The molecule has 0 bridgehead atoms. The van der Waals surface area contributed by atoms with Gasteiger partial charge in [0.1, 0.15) is 0 Å². The van der Waals surface area contributed by atoms with Crippen LogP contribution in [0.25, 0.3) is 0 Å². The van der Waals surface area contributed by atoms with E-state index >= 15 is 0 Å². The van der Waals surface area contributed by atoms with Crippen LogP contribution in [-0.2, 0) is 12.7 Å². The van der Waals surface area contributed by atoms with Crippen molar-refractivity contribution in [1.29, 1.82) is 5.26 Å². The van der Waals surface area contributed by atoms with E-state index in [1.807, 2.05) is 6.07 Å². The molecule has 0 unspecified atom stereocenters. The molecule has 2 aromatic rings. The standard InChI is InChI=1S/C17H15F3N2O/c18-17(19,20)15-4-2-1-3-14(15)16(23)11-22-10-13-7-5-12(9-21)6-8-13/h1-8,16,22-23H,10-11H2/t16-/m1/s1. The lowest BCUT2D eigenvalue weighted by Gasteiger charge is -2.18. The number of hydrogen-bond donors (Lipinski definition) is 2. The SMILES string of the molecule is N#Cc1ccc(CNC[C@@H](O)c2ccccc2C(F)(F)F)cc1. The Hall–Kier alpha value is -2.36. The summed E-state index contributed by atoms with van der Waals surface area (Å²) in [4.78, 5) is 0. The van der Waals surface area contributed by atoms with E-state index < -0.39 is 17.8 Å². The number of halogens is 3. The van der Waals surface area contributed by atoms with Crippen molar-refractivity contribution in [3.63, 3.8) is 0 Å². The van der Waals surface area contributed by atoms with E-state index in [1.165, 1.54) is 18.2 Å². The van der Waals surface area contributed by atoms with Gasteiger partial charge < -0.3 is 10.4 Å². The Labute approximate surface area is 132 Å². The minimum Gasteiger partial charge on any atom is -0.387 e. The van der Waals surface area contributed by atoms with E-state index in [1.54, 1.807) is 24.3 Å². The highest BCUT2D eigenvalue weighted by Gasteiger charge is 2.34. The predicted octanol–water partition coefficient (Wildman–Crippen LogP) is 3.40. The third-order valence-electron chi connectivity index (χ3n) is 3.38. The van der Waals surface area contributed by atoms with Gasteiger partial charge in [-0.3, -0.25) is 0 Å². The van der Waals surface area contributed by atoms with Gasteiger partial charge >= 0.3 is 6.18 Å². The molecular weight excluding hydrogens is 305 g/mol. The van der Waals surface area contributed by atoms with Crippen molar-refractivity contribution in [2.45, 2.75) is 18.8 Å². The minimum atomic E-state index is -4.50. The summed E-state index contributed by atoms with van der Waals surface area (Å²) in [5, 5.41) is 21.6. The number of rotatable bonds is 5. The first-order valence-corrected chi connectivity index (χ1v) is 6.96. The quantitative estimate of drug-likeness (QED) is 0.888. The number of nitriles is 1. The van der Waals surface area contributed by atoms with Gasteiger partial charge in [-0.15, -0.1) is 0 Å². The second-order valence-electron chi connectivity index (χ2n) is 5.04. The van der Waals surface area contributed by atoms with E-state index in [0.717, 1.165) is 11.6 Å². The molecule has 0 heterocycles. The first-order chi connectivity index (χ1) is 10.9. The topological polar surface area (TPSA) is 56.0 Å². The molecule has 1 atom stereocenters. The van der Waals surface area contributed by atoms with Gasteiger partial charge in [0.25, 0.3) is 0 Å². The highest BCUT2D eigenvalue weighted by atomic mass is 19.4. The van der Waals surface area contributed by atoms with Crippen LogP contribution in [0.2, 0.25) is 0 Å². The molecular formula is C17H15F3N2O. The zero-order valence-electron chi connectivity index (χ0n) is 12.1. The summed E-state index contributed by atoms with van der Waals surface area (Å²) in [5.41, 5.74) is 0.438. The van der Waals surface area contributed by atoms with Crippen LogP contribution >= 0.6 is 0 Å². The van der Waals surface area contributed by atoms with Crippen molar-refractivity contribution in [1.82, 2.24) is 5.32 Å². The third-order valence-corrected chi connectivity index (χ3v) is 3.38. The van der Waals surface area contributed by atoms with Crippen LogP contribution in [0, 0.1) is 11.3 Å². The summed E-state index contributed by atoms with van der Waals surface area (Å²) in [6, 6.07) is 13.8. The molecule has 2 aromatic carbocycles. The van der Waals surface area contributed by atoms with E-state index in [4.69, 9.17) is 5.26 Å². The molecule has 3 nitrogen and oxygen atoms in total. The molecule has 6 heteroatoms. The molecule has 0 aliphatic carbocycles. The second kappa shape index (κ2) is 7.27. The normalized spacial score (nSPS) is 12.7. The van der Waals surface area contributed by atoms with E-state index in [-0.39, 0.29) is 12.1 Å². The van der Waals surface area contributed by atoms with Crippen molar-refractivity contribution < 1.29 is 18.3 Å². The molecule has 0 spiro atoms. The Morgan fingerprint density at radius 1 is 1.09 bits per heavy atom. The molecule has 0 aliphatic heterocycles. The molecule has 0 radical (unpaired) electrons. The number of nitrogens with one attached hydrogen (secondary N) is 1. The lowest BCUT2D eigenvalue weighted by atomic mass is 10.0. The van der Waals surface area contributed by atoms with Crippen molar-refractivity contribution in [2.24, 2.45) is 0 Å². The molecule has 0 amide bonds. The van der Waals surface area contributed by atoms with E-state index in [2.05, 4.69) is 5.32 Å². The fourth-order valence-electron chi connectivity index (χ4n) is 2.21. The van der Waals surface area contributed by atoms with Crippen LogP contribution in [0.3, 0.4) is 0 Å². The van der Waals surface area contributed by atoms with Gasteiger partial charge in [-0.05, 0) is 29.3 Å². The first-order valence-electron chi connectivity index (χ1n) is 6.96. The van der Waals surface area contributed by atoms with Crippen molar-refractivity contribution in [2.75, 3.05) is 6.54 Å². The monoisotopic (exact) mass is 320 g/mol. The highest BCUT2D eigenvalue weighted by Crippen LogP contribution is 2.34. The van der Waals surface area contributed by atoms with Gasteiger partial charge in [-0.25, -0.2) is 0 Å². The summed E-state index contributed by atoms with van der Waals surface area (Å²) < 4.78 is 38.7. The Morgan fingerprint density at radius 3 is 2.35 bits per heavy atom. The van der Waals surface area contributed by atoms with Crippen molar-refractivity contribution >= 4 is 0 Å². The fourth-order valence-corrected chi connectivity index (χ4v) is 2.21. The molecule has 0 saturated heterocycles. The maximum Gasteiger partial charge on any atom is 0.416 e. The average molecular weight is 320 g/mol. The smallest absolute Gasteiger partial charge is 0.387 e. The van der Waals surface area contributed by atoms with Crippen LogP contribution in [0.15, 0.2) is 48.5 Å². The second-order valence-corrected chi connectivity index (χ2v) is 5.04. The van der Waals surface area contributed by atoms with Crippen LogP contribution in [-0.4, -0.2) is 11.7 Å². The Balaban J connectivity index is 1.97. The maximum absolute atomic E-state index is 12.9. The Morgan fingerprint density at radius 2 is 1.74 bits per heavy atom. The van der Waals surface area contributed by atoms with Crippen LogP contribution < -0.4 is 5.32 Å². The van der Waals surface area contributed by atoms with Crippen LogP contribution in [0.1, 0.15) is 28.4 Å². The lowest BCUT2D eigenvalue weighted by molar-refractivity contribution is -0.139. The van der Waals surface area contributed by atoms with Gasteiger partial charge in [-0.2, -0.15) is 18.4 Å². The summed E-state index contributed by atoms with van der Waals surface area (Å²) in [6.45, 7) is 0.379. The number of nitrogens with zero attached hydrogens (tertiary/aromatic N) is 1. The number of hydrogen-bond acceptors (Lipinski definition) is 3. The zero-order valence-corrected chi connectivity index (χ0v) is 12.1. The van der Waals surface area contributed by atoms with E-state index in [0.29, 0.717) is 12.1 Å². The third kappa shape index (κ3) is 4.55. The van der Waals surface area contributed by atoms with Gasteiger partial charge in [-0.1, -0.05) is 30.3 Å². The number of benzene rings is 2. The molecule has 2 N–H and O–H groups in total. The van der Waals surface area contributed by atoms with Gasteiger partial charge in [0.05, 0.1) is 23.3 Å². The molecule has 120 valence electrons. The molecule has 0 saturated carbocycles. The van der Waals surface area contributed by atoms with Crippen molar-refractivity contribution in [3.8, 4) is 6.07 Å². The predicted molar refractivity (Wildman–Crippen MR) is 79.3 cm³/mol. The number of aliphatic hydroxyl groups is 1. The van der Waals surface area contributed by atoms with Gasteiger partial charge in [0.2, 0.25) is 0 Å². The first kappa shape index (κ1) is 17.0. The molecule has 2 rings (SSSR count). The largest absolute Gasteiger partial charge is 0.416 e. The summed E-state index contributed by atoms with van der Waals surface area (Å²) in [7, 11) is 0. The zero-order chi connectivity index (χ0) is 16.9. The Kier molecular flexibility index (Phi) is 5.37. The summed E-state index contributed by atoms with van der Waals surface area (Å²) in [6.07, 6.45) is -5.75. The van der Waals surface area contributed by atoms with Crippen LogP contribution in [0.5, 0.6) is 0 Å². The molecule has 0 aliphatic rings. The molecule has 0 aromatic heterocycles. The maximum atomic E-state index is 12.9. The van der Waals surface area contributed by atoms with Gasteiger partial charge in [0, 0.05) is 13.1 Å². The van der Waals surface area contributed by atoms with Crippen LogP contribution in [0.4, 0.5) is 13.2 Å². The number of aliphatic hydroxyl groups excluding tert-OH is 1. The minimum absolute atomic E-state index is 0.00685. The fraction of sp³-hybridized carbons (Fsp3) is 0.235. The lowest BCUT2D eigenvalue weighted by Crippen LogP contribution is -2.23. The van der Waals surface area contributed by atoms with Gasteiger partial charge in [0.15, 0.2) is 0 Å². The van der Waals surface area contributed by atoms with Crippen molar-refractivity contribution in [3.05, 3.63) is 70.8 Å². The average Bonchev–Trinajstić information content (AvgIpc) is 2.54. The Bertz CT molecular complexity index is 690. The molecule has 0 fully saturated rings. The van der Waals surface area contributed by atoms with E-state index in [9.17, 15) is 18.3 Å². The highest BCUT2D eigenvalue weighted by molar-refractivity contribution is 5.32.